The molecule has 1 saturated heterocycles. The van der Waals surface area contributed by atoms with E-state index in [1.165, 1.54) is 12.1 Å². The zero-order chi connectivity index (χ0) is 18.8. The maximum absolute atomic E-state index is 13.1. The lowest BCUT2D eigenvalue weighted by atomic mass is 10.1. The van der Waals surface area contributed by atoms with E-state index in [9.17, 15) is 14.0 Å². The summed E-state index contributed by atoms with van der Waals surface area (Å²) in [7, 11) is 0. The number of nitrogens with one attached hydrogen (secondary N) is 1. The van der Waals surface area contributed by atoms with Crippen molar-refractivity contribution in [3.05, 3.63) is 54.3 Å². The number of halogens is 1. The molecule has 2 aromatic carbocycles. The van der Waals surface area contributed by atoms with Crippen LogP contribution in [0, 0.1) is 5.82 Å². The number of rotatable bonds is 3. The fourth-order valence-corrected chi connectivity index (χ4v) is 3.38. The van der Waals surface area contributed by atoms with Gasteiger partial charge in [-0.25, -0.2) is 4.39 Å². The van der Waals surface area contributed by atoms with Crippen LogP contribution in [0.2, 0.25) is 0 Å². The highest BCUT2D eigenvalue weighted by molar-refractivity contribution is 5.99. The second-order valence-electron chi connectivity index (χ2n) is 6.64. The lowest BCUT2D eigenvalue weighted by Gasteiger charge is -2.37. The second kappa shape index (κ2) is 7.26. The number of para-hydroxylation sites is 2. The molecule has 27 heavy (non-hydrogen) atoms. The lowest BCUT2D eigenvalue weighted by Crippen LogP contribution is -2.50. The molecule has 1 N–H and O–H groups in total. The van der Waals surface area contributed by atoms with Crippen molar-refractivity contribution in [2.45, 2.75) is 12.5 Å². The SMILES string of the molecule is O=C1Nc2ccccc2O[C@H]1CC(=O)N1CCN(c2ccc(F)cc2)CC1. The standard InChI is InChI=1S/C20H20FN3O3/c21-14-5-7-15(8-6-14)23-9-11-24(12-10-23)19(25)13-18-20(26)22-16-3-1-2-4-17(16)27-18/h1-8,18H,9-13H2,(H,22,26)/t18-/m0/s1. The molecule has 1 fully saturated rings. The average molecular weight is 369 g/mol. The van der Waals surface area contributed by atoms with E-state index in [1.54, 1.807) is 29.2 Å². The Morgan fingerprint density at radius 2 is 1.78 bits per heavy atom. The quantitative estimate of drug-likeness (QED) is 0.902. The monoisotopic (exact) mass is 369 g/mol. The highest BCUT2D eigenvalue weighted by Crippen LogP contribution is 2.29. The van der Waals surface area contributed by atoms with Crippen molar-refractivity contribution in [3.63, 3.8) is 0 Å². The summed E-state index contributed by atoms with van der Waals surface area (Å²) in [6.45, 7) is 2.44. The molecule has 0 aliphatic carbocycles. The third-order valence-corrected chi connectivity index (χ3v) is 4.89. The van der Waals surface area contributed by atoms with Gasteiger partial charge in [0.25, 0.3) is 5.91 Å². The van der Waals surface area contributed by atoms with Crippen LogP contribution in [-0.4, -0.2) is 49.0 Å². The zero-order valence-corrected chi connectivity index (χ0v) is 14.7. The zero-order valence-electron chi connectivity index (χ0n) is 14.7. The predicted molar refractivity (Wildman–Crippen MR) is 99.3 cm³/mol. The summed E-state index contributed by atoms with van der Waals surface area (Å²) in [5.74, 6) is -0.0868. The van der Waals surface area contributed by atoms with E-state index in [1.807, 2.05) is 12.1 Å². The Hall–Kier alpha value is -3.09. The molecule has 0 bridgehead atoms. The molecule has 0 aromatic heterocycles. The van der Waals surface area contributed by atoms with Crippen molar-refractivity contribution in [1.29, 1.82) is 0 Å². The fraction of sp³-hybridized carbons (Fsp3) is 0.300. The number of ether oxygens (including phenoxy) is 1. The molecule has 2 aliphatic rings. The van der Waals surface area contributed by atoms with Gasteiger partial charge in [-0.15, -0.1) is 0 Å². The Kier molecular flexibility index (Phi) is 4.66. The molecule has 0 radical (unpaired) electrons. The summed E-state index contributed by atoms with van der Waals surface area (Å²) in [5, 5.41) is 2.78. The van der Waals surface area contributed by atoms with Crippen LogP contribution in [0.1, 0.15) is 6.42 Å². The molecular formula is C20H20FN3O3. The van der Waals surface area contributed by atoms with Gasteiger partial charge < -0.3 is 19.9 Å². The van der Waals surface area contributed by atoms with E-state index in [0.29, 0.717) is 37.6 Å². The molecule has 140 valence electrons. The third-order valence-electron chi connectivity index (χ3n) is 4.89. The van der Waals surface area contributed by atoms with E-state index in [4.69, 9.17) is 4.74 Å². The van der Waals surface area contributed by atoms with Gasteiger partial charge in [-0.2, -0.15) is 0 Å². The van der Waals surface area contributed by atoms with E-state index >= 15 is 0 Å². The summed E-state index contributed by atoms with van der Waals surface area (Å²) in [6.07, 6.45) is -0.806. The van der Waals surface area contributed by atoms with Crippen molar-refractivity contribution in [1.82, 2.24) is 4.90 Å². The first-order valence-electron chi connectivity index (χ1n) is 8.95. The van der Waals surface area contributed by atoms with Gasteiger partial charge in [0.2, 0.25) is 5.91 Å². The van der Waals surface area contributed by atoms with Gasteiger partial charge in [0.1, 0.15) is 11.6 Å². The maximum Gasteiger partial charge on any atom is 0.266 e. The Balaban J connectivity index is 1.33. The lowest BCUT2D eigenvalue weighted by molar-refractivity contribution is -0.137. The number of anilines is 2. The molecule has 1 atom stereocenters. The van der Waals surface area contributed by atoms with Crippen LogP contribution in [0.3, 0.4) is 0 Å². The van der Waals surface area contributed by atoms with Crippen LogP contribution < -0.4 is 15.0 Å². The Morgan fingerprint density at radius 3 is 2.52 bits per heavy atom. The van der Waals surface area contributed by atoms with Crippen molar-refractivity contribution in [2.24, 2.45) is 0 Å². The summed E-state index contributed by atoms with van der Waals surface area (Å²) < 4.78 is 18.8. The molecule has 2 amide bonds. The number of fused-ring (bicyclic) bond motifs is 1. The second-order valence-corrected chi connectivity index (χ2v) is 6.64. The molecule has 6 nitrogen and oxygen atoms in total. The van der Waals surface area contributed by atoms with Gasteiger partial charge in [-0.3, -0.25) is 9.59 Å². The van der Waals surface area contributed by atoms with Crippen molar-refractivity contribution < 1.29 is 18.7 Å². The van der Waals surface area contributed by atoms with Gasteiger partial charge in [0, 0.05) is 31.9 Å². The number of piperazine rings is 1. The highest BCUT2D eigenvalue weighted by Gasteiger charge is 2.32. The summed E-state index contributed by atoms with van der Waals surface area (Å²) >= 11 is 0. The van der Waals surface area contributed by atoms with Gasteiger partial charge in [-0.05, 0) is 36.4 Å². The molecule has 2 aliphatic heterocycles. The van der Waals surface area contributed by atoms with E-state index in [-0.39, 0.29) is 24.1 Å². The van der Waals surface area contributed by atoms with Crippen LogP contribution in [0.4, 0.5) is 15.8 Å². The number of carbonyl (C=O) groups excluding carboxylic acids is 2. The minimum atomic E-state index is -0.817. The average Bonchev–Trinajstić information content (AvgIpc) is 2.69. The number of amides is 2. The van der Waals surface area contributed by atoms with Crippen LogP contribution in [0.15, 0.2) is 48.5 Å². The Bertz CT molecular complexity index is 848. The maximum atomic E-state index is 13.1. The summed E-state index contributed by atoms with van der Waals surface area (Å²) in [5.41, 5.74) is 1.56. The fourth-order valence-electron chi connectivity index (χ4n) is 3.38. The van der Waals surface area contributed by atoms with Crippen LogP contribution in [0.25, 0.3) is 0 Å². The van der Waals surface area contributed by atoms with E-state index in [0.717, 1.165) is 5.69 Å². The van der Waals surface area contributed by atoms with Gasteiger partial charge in [-0.1, -0.05) is 12.1 Å². The van der Waals surface area contributed by atoms with E-state index < -0.39 is 6.10 Å². The summed E-state index contributed by atoms with van der Waals surface area (Å²) in [4.78, 5) is 28.7. The molecule has 0 spiro atoms. The van der Waals surface area contributed by atoms with Gasteiger partial charge in [0.05, 0.1) is 12.1 Å². The predicted octanol–water partition coefficient (Wildman–Crippen LogP) is 2.26. The van der Waals surface area contributed by atoms with Crippen LogP contribution in [-0.2, 0) is 9.59 Å². The van der Waals surface area contributed by atoms with Crippen molar-refractivity contribution >= 4 is 23.2 Å². The summed E-state index contributed by atoms with van der Waals surface area (Å²) in [6, 6.07) is 13.5. The van der Waals surface area contributed by atoms with Crippen molar-refractivity contribution in [2.75, 3.05) is 36.4 Å². The molecule has 0 unspecified atom stereocenters. The van der Waals surface area contributed by atoms with Crippen LogP contribution in [0.5, 0.6) is 5.75 Å². The molecule has 2 aromatic rings. The smallest absolute Gasteiger partial charge is 0.266 e. The highest BCUT2D eigenvalue weighted by atomic mass is 19.1. The normalized spacial score (nSPS) is 19.1. The van der Waals surface area contributed by atoms with Gasteiger partial charge in [0.15, 0.2) is 6.10 Å². The number of benzene rings is 2. The minimum absolute atomic E-state index is 0.0106. The number of nitrogens with zero attached hydrogens (tertiary/aromatic N) is 2. The molecule has 7 heteroatoms. The molecule has 0 saturated carbocycles. The first kappa shape index (κ1) is 17.3. The number of hydrogen-bond donors (Lipinski definition) is 1. The first-order chi connectivity index (χ1) is 13.1. The third kappa shape index (κ3) is 3.72. The van der Waals surface area contributed by atoms with E-state index in [2.05, 4.69) is 10.2 Å². The largest absolute Gasteiger partial charge is 0.478 e. The topological polar surface area (TPSA) is 61.9 Å². The molecule has 2 heterocycles. The Morgan fingerprint density at radius 1 is 1.07 bits per heavy atom. The number of carbonyl (C=O) groups is 2. The number of hydrogen-bond acceptors (Lipinski definition) is 4. The van der Waals surface area contributed by atoms with Crippen molar-refractivity contribution in [3.8, 4) is 5.75 Å². The van der Waals surface area contributed by atoms with Crippen LogP contribution >= 0.6 is 0 Å². The molecular weight excluding hydrogens is 349 g/mol. The minimum Gasteiger partial charge on any atom is -0.478 e. The Labute approximate surface area is 156 Å². The first-order valence-corrected chi connectivity index (χ1v) is 8.95. The molecule has 4 rings (SSSR count). The van der Waals surface area contributed by atoms with Gasteiger partial charge >= 0.3 is 0 Å².